The second kappa shape index (κ2) is 9.03. The summed E-state index contributed by atoms with van der Waals surface area (Å²) in [5.74, 6) is 0.646. The number of ether oxygens (including phenoxy) is 2. The third kappa shape index (κ3) is 4.93. The van der Waals surface area contributed by atoms with E-state index in [1.165, 1.54) is 19.1 Å². The van der Waals surface area contributed by atoms with Gasteiger partial charge in [0.25, 0.3) is 5.69 Å². The first-order valence-electron chi connectivity index (χ1n) is 9.93. The minimum Gasteiger partial charge on any atom is -0.486 e. The molecule has 1 N–H and O–H groups in total. The van der Waals surface area contributed by atoms with E-state index in [4.69, 9.17) is 9.47 Å². The van der Waals surface area contributed by atoms with Gasteiger partial charge in [0.15, 0.2) is 11.5 Å². The molecular weight excluding hydrogens is 438 g/mol. The largest absolute Gasteiger partial charge is 0.486 e. The van der Waals surface area contributed by atoms with Crippen molar-refractivity contribution in [1.82, 2.24) is 5.32 Å². The van der Waals surface area contributed by atoms with Crippen LogP contribution in [0.5, 0.6) is 11.5 Å². The summed E-state index contributed by atoms with van der Waals surface area (Å²) >= 11 is 0. The number of anilines is 1. The minimum atomic E-state index is -3.93. The summed E-state index contributed by atoms with van der Waals surface area (Å²) in [7, 11) is -3.93. The molecule has 0 aliphatic carbocycles. The fraction of sp³-hybridized carbons (Fsp3) is 0.381. The van der Waals surface area contributed by atoms with E-state index in [1.54, 1.807) is 32.0 Å². The van der Waals surface area contributed by atoms with Crippen LogP contribution in [0.25, 0.3) is 0 Å². The molecule has 1 aliphatic heterocycles. The smallest absolute Gasteiger partial charge is 0.271 e. The van der Waals surface area contributed by atoms with Crippen LogP contribution in [0.1, 0.15) is 31.0 Å². The normalized spacial score (nSPS) is 14.9. The topological polar surface area (TPSA) is 128 Å². The molecule has 172 valence electrons. The van der Waals surface area contributed by atoms with E-state index in [-0.39, 0.29) is 11.4 Å². The number of rotatable bonds is 7. The van der Waals surface area contributed by atoms with Crippen LogP contribution in [-0.2, 0) is 14.8 Å². The summed E-state index contributed by atoms with van der Waals surface area (Å²) < 4.78 is 37.1. The van der Waals surface area contributed by atoms with Crippen LogP contribution in [-0.4, -0.2) is 44.8 Å². The highest BCUT2D eigenvalue weighted by Crippen LogP contribution is 2.33. The van der Waals surface area contributed by atoms with Gasteiger partial charge >= 0.3 is 0 Å². The average Bonchev–Trinajstić information content (AvgIpc) is 2.73. The van der Waals surface area contributed by atoms with Crippen molar-refractivity contribution >= 4 is 27.3 Å². The lowest BCUT2D eigenvalue weighted by Crippen LogP contribution is -2.48. The fourth-order valence-corrected chi connectivity index (χ4v) is 4.70. The van der Waals surface area contributed by atoms with Gasteiger partial charge in [0.1, 0.15) is 19.3 Å². The number of carbonyl (C=O) groups is 1. The molecule has 0 saturated carbocycles. The van der Waals surface area contributed by atoms with Crippen LogP contribution < -0.4 is 19.1 Å². The number of nitro benzene ring substituents is 1. The molecule has 0 spiro atoms. The second-order valence-corrected chi connectivity index (χ2v) is 9.46. The molecule has 32 heavy (non-hydrogen) atoms. The molecule has 3 rings (SSSR count). The number of benzene rings is 2. The van der Waals surface area contributed by atoms with Gasteiger partial charge in [-0.15, -0.1) is 0 Å². The van der Waals surface area contributed by atoms with Gasteiger partial charge in [0, 0.05) is 12.1 Å². The fourth-order valence-electron chi connectivity index (χ4n) is 3.48. The third-order valence-corrected chi connectivity index (χ3v) is 6.38. The number of hydrogen-bond donors (Lipinski definition) is 1. The summed E-state index contributed by atoms with van der Waals surface area (Å²) in [5.41, 5.74) is 1.06. The lowest BCUT2D eigenvalue weighted by atomic mass is 10.1. The van der Waals surface area contributed by atoms with Crippen molar-refractivity contribution in [3.8, 4) is 11.5 Å². The molecule has 0 saturated heterocycles. The summed E-state index contributed by atoms with van der Waals surface area (Å²) in [6.07, 6.45) is 0.958. The first kappa shape index (κ1) is 23.3. The molecule has 0 radical (unpaired) electrons. The zero-order valence-electron chi connectivity index (χ0n) is 18.2. The van der Waals surface area contributed by atoms with Gasteiger partial charge in [-0.1, -0.05) is 12.1 Å². The number of carbonyl (C=O) groups excluding carboxylic acids is 1. The van der Waals surface area contributed by atoms with E-state index in [9.17, 15) is 23.3 Å². The molecule has 0 aromatic heterocycles. The predicted octanol–water partition coefficient (Wildman–Crippen LogP) is 2.71. The molecule has 10 nitrogen and oxygen atoms in total. The minimum absolute atomic E-state index is 0.0799. The van der Waals surface area contributed by atoms with E-state index in [1.807, 2.05) is 0 Å². The number of non-ortho nitro benzene ring substituents is 1. The number of nitro groups is 1. The Bertz CT molecular complexity index is 1150. The first-order valence-corrected chi connectivity index (χ1v) is 11.8. The molecule has 1 amide bonds. The number of aryl methyl sites for hydroxylation is 1. The van der Waals surface area contributed by atoms with Crippen LogP contribution in [0.4, 0.5) is 11.4 Å². The van der Waals surface area contributed by atoms with Crippen LogP contribution in [0, 0.1) is 17.0 Å². The maximum atomic E-state index is 13.0. The average molecular weight is 464 g/mol. The van der Waals surface area contributed by atoms with Crippen molar-refractivity contribution in [2.24, 2.45) is 0 Å². The highest BCUT2D eigenvalue weighted by atomic mass is 32.2. The van der Waals surface area contributed by atoms with Gasteiger partial charge < -0.3 is 14.8 Å². The van der Waals surface area contributed by atoms with Crippen molar-refractivity contribution in [3.05, 3.63) is 57.6 Å². The van der Waals surface area contributed by atoms with Crippen LogP contribution >= 0.6 is 0 Å². The van der Waals surface area contributed by atoms with Gasteiger partial charge in [-0.2, -0.15) is 0 Å². The molecule has 2 atom stereocenters. The van der Waals surface area contributed by atoms with Gasteiger partial charge in [0.2, 0.25) is 15.9 Å². The molecule has 11 heteroatoms. The number of nitrogens with zero attached hydrogens (tertiary/aromatic N) is 2. The second-order valence-electron chi connectivity index (χ2n) is 7.60. The van der Waals surface area contributed by atoms with Gasteiger partial charge in [0.05, 0.1) is 22.9 Å². The molecule has 0 bridgehead atoms. The Kier molecular flexibility index (Phi) is 6.58. The Morgan fingerprint density at radius 3 is 2.41 bits per heavy atom. The van der Waals surface area contributed by atoms with Crippen LogP contribution in [0.2, 0.25) is 0 Å². The summed E-state index contributed by atoms with van der Waals surface area (Å²) in [4.78, 5) is 23.6. The zero-order valence-corrected chi connectivity index (χ0v) is 19.0. The van der Waals surface area contributed by atoms with Crippen molar-refractivity contribution in [2.45, 2.75) is 32.9 Å². The Hall–Kier alpha value is -3.34. The summed E-state index contributed by atoms with van der Waals surface area (Å²) in [6.45, 7) is 5.72. The van der Waals surface area contributed by atoms with Gasteiger partial charge in [-0.05, 0) is 44.0 Å². The Balaban J connectivity index is 1.86. The highest BCUT2D eigenvalue weighted by molar-refractivity contribution is 7.92. The van der Waals surface area contributed by atoms with Crippen LogP contribution in [0.15, 0.2) is 36.4 Å². The number of nitrogens with one attached hydrogen (secondary N) is 1. The Labute approximate surface area is 186 Å². The molecule has 2 aromatic carbocycles. The maximum Gasteiger partial charge on any atom is 0.271 e. The van der Waals surface area contributed by atoms with Crippen molar-refractivity contribution < 1.29 is 27.6 Å². The van der Waals surface area contributed by atoms with E-state index in [0.29, 0.717) is 30.3 Å². The zero-order chi connectivity index (χ0) is 23.6. The number of fused-ring (bicyclic) bond motifs is 1. The quantitative estimate of drug-likeness (QED) is 0.494. The Morgan fingerprint density at radius 2 is 1.78 bits per heavy atom. The van der Waals surface area contributed by atoms with E-state index in [0.717, 1.165) is 22.2 Å². The standard InChI is InChI=1S/C21H25N3O7S/c1-13-5-7-17(24(26)27)12-18(13)23(32(4,28)29)15(3)21(25)22-14(2)16-6-8-19-20(11-16)31-10-9-30-19/h5-8,11-12,14-15H,9-10H2,1-4H3,(H,22,25)/t14-,15+/m0/s1. The monoisotopic (exact) mass is 463 g/mol. The van der Waals surface area contributed by atoms with Crippen molar-refractivity contribution in [2.75, 3.05) is 23.8 Å². The third-order valence-electron chi connectivity index (χ3n) is 5.15. The maximum absolute atomic E-state index is 13.0. The molecule has 0 unspecified atom stereocenters. The Morgan fingerprint density at radius 1 is 1.12 bits per heavy atom. The molecular formula is C21H25N3O7S. The SMILES string of the molecule is Cc1ccc([N+](=O)[O-])cc1N([C@H](C)C(=O)N[C@@H](C)c1ccc2c(c1)OCCO2)S(C)(=O)=O. The van der Waals surface area contributed by atoms with Crippen molar-refractivity contribution in [1.29, 1.82) is 0 Å². The van der Waals surface area contributed by atoms with Crippen LogP contribution in [0.3, 0.4) is 0 Å². The van der Waals surface area contributed by atoms with Gasteiger partial charge in [-0.25, -0.2) is 8.42 Å². The molecule has 2 aromatic rings. The number of amides is 1. The summed E-state index contributed by atoms with van der Waals surface area (Å²) in [5, 5.41) is 14.0. The predicted molar refractivity (Wildman–Crippen MR) is 119 cm³/mol. The van der Waals surface area contributed by atoms with E-state index < -0.39 is 32.9 Å². The van der Waals surface area contributed by atoms with E-state index >= 15 is 0 Å². The molecule has 1 heterocycles. The van der Waals surface area contributed by atoms with E-state index in [2.05, 4.69) is 5.32 Å². The highest BCUT2D eigenvalue weighted by Gasteiger charge is 2.32. The lowest BCUT2D eigenvalue weighted by Gasteiger charge is -2.30. The number of sulfonamides is 1. The summed E-state index contributed by atoms with van der Waals surface area (Å²) in [6, 6.07) is 7.61. The number of hydrogen-bond acceptors (Lipinski definition) is 7. The van der Waals surface area contributed by atoms with Gasteiger partial charge in [-0.3, -0.25) is 19.2 Å². The van der Waals surface area contributed by atoms with Crippen molar-refractivity contribution in [3.63, 3.8) is 0 Å². The first-order chi connectivity index (χ1) is 15.0. The molecule has 1 aliphatic rings. The molecule has 0 fully saturated rings. The lowest BCUT2D eigenvalue weighted by molar-refractivity contribution is -0.384.